The first-order chi connectivity index (χ1) is 16.5. The van der Waals surface area contributed by atoms with Crippen molar-refractivity contribution in [2.24, 2.45) is 5.16 Å². The summed E-state index contributed by atoms with van der Waals surface area (Å²) in [7, 11) is 0. The average molecular weight is 462 g/mol. The number of benzene rings is 2. The van der Waals surface area contributed by atoms with Gasteiger partial charge in [0.2, 0.25) is 6.10 Å². The number of hydrogen-bond acceptors (Lipinski definition) is 6. The van der Waals surface area contributed by atoms with Crippen LogP contribution in [0, 0.1) is 0 Å². The third-order valence-corrected chi connectivity index (χ3v) is 5.72. The number of amides is 1. The molecule has 0 aliphatic carbocycles. The lowest BCUT2D eigenvalue weighted by Gasteiger charge is -2.26. The second kappa shape index (κ2) is 10.2. The molecule has 1 aromatic heterocycles. The fourth-order valence-corrected chi connectivity index (χ4v) is 3.89. The number of unbranched alkanes of at least 4 members (excludes halogenated alkanes) is 1. The van der Waals surface area contributed by atoms with Gasteiger partial charge < -0.3 is 10.6 Å². The molecule has 0 fully saturated rings. The molecule has 9 heteroatoms. The number of aromatic amines is 1. The van der Waals surface area contributed by atoms with E-state index in [4.69, 9.17) is 10.6 Å². The largest absolute Gasteiger partial charge is 0.383 e. The fraction of sp³-hybridized carbons (Fsp3) is 0.280. The van der Waals surface area contributed by atoms with Crippen molar-refractivity contribution < 1.29 is 9.63 Å². The zero-order chi connectivity index (χ0) is 24.1. The van der Waals surface area contributed by atoms with Gasteiger partial charge in [-0.3, -0.25) is 24.0 Å². The zero-order valence-corrected chi connectivity index (χ0v) is 18.9. The van der Waals surface area contributed by atoms with E-state index in [1.54, 1.807) is 0 Å². The van der Waals surface area contributed by atoms with Crippen molar-refractivity contribution in [1.82, 2.24) is 9.55 Å². The first kappa shape index (κ1) is 23.0. The molecular formula is C25H27N5O4. The number of carbonyl (C=O) groups is 1. The number of hydrogen-bond donors (Lipinski definition) is 2. The summed E-state index contributed by atoms with van der Waals surface area (Å²) in [5.74, 6) is -0.509. The summed E-state index contributed by atoms with van der Waals surface area (Å²) in [4.78, 5) is 48.1. The molecule has 1 aliphatic heterocycles. The smallest absolute Gasteiger partial charge is 0.330 e. The maximum Gasteiger partial charge on any atom is 0.330 e. The van der Waals surface area contributed by atoms with Gasteiger partial charge in [-0.25, -0.2) is 4.79 Å². The van der Waals surface area contributed by atoms with Crippen LogP contribution in [0.25, 0.3) is 0 Å². The summed E-state index contributed by atoms with van der Waals surface area (Å²) in [5.41, 5.74) is 7.23. The molecule has 4 rings (SSSR count). The van der Waals surface area contributed by atoms with Crippen LogP contribution in [0.5, 0.6) is 0 Å². The standard InChI is InChI=1S/C25H27N5O4/c1-2-3-14-29-22(26)21(23(31)27-25(29)33)30(16-17-10-6-4-7-11-17)24(32)20-15-19(28-34-20)18-12-8-5-9-13-18/h4-13,20H,2-3,14-16,26H2,1H3,(H,27,31,33). The second-order valence-corrected chi connectivity index (χ2v) is 8.11. The molecule has 2 aromatic carbocycles. The number of oxime groups is 1. The fourth-order valence-electron chi connectivity index (χ4n) is 3.89. The highest BCUT2D eigenvalue weighted by Gasteiger charge is 2.35. The van der Waals surface area contributed by atoms with Crippen LogP contribution in [-0.4, -0.2) is 27.3 Å². The Morgan fingerprint density at radius 1 is 1.15 bits per heavy atom. The number of aromatic nitrogens is 2. The van der Waals surface area contributed by atoms with Crippen molar-refractivity contribution in [3.63, 3.8) is 0 Å². The molecule has 176 valence electrons. The Bertz CT molecular complexity index is 1300. The van der Waals surface area contributed by atoms with Crippen LogP contribution in [0.3, 0.4) is 0 Å². The number of carbonyl (C=O) groups excluding carboxylic acids is 1. The maximum atomic E-state index is 13.7. The van der Waals surface area contributed by atoms with Gasteiger partial charge in [0.25, 0.3) is 11.5 Å². The lowest BCUT2D eigenvalue weighted by atomic mass is 10.0. The quantitative estimate of drug-likeness (QED) is 0.534. The molecule has 0 saturated carbocycles. The minimum atomic E-state index is -0.922. The van der Waals surface area contributed by atoms with E-state index < -0.39 is 23.3 Å². The average Bonchev–Trinajstić information content (AvgIpc) is 3.34. The Hall–Kier alpha value is -4.14. The number of nitrogen functional groups attached to an aromatic ring is 1. The van der Waals surface area contributed by atoms with Gasteiger partial charge in [0.05, 0.1) is 12.3 Å². The zero-order valence-electron chi connectivity index (χ0n) is 18.9. The van der Waals surface area contributed by atoms with Crippen molar-refractivity contribution in [2.45, 2.75) is 45.4 Å². The number of anilines is 2. The van der Waals surface area contributed by atoms with Crippen LogP contribution in [0.15, 0.2) is 75.4 Å². The minimum absolute atomic E-state index is 0.0475. The Labute approximate surface area is 196 Å². The monoisotopic (exact) mass is 461 g/mol. The highest BCUT2D eigenvalue weighted by Crippen LogP contribution is 2.25. The van der Waals surface area contributed by atoms with Gasteiger partial charge in [-0.05, 0) is 17.5 Å². The Balaban J connectivity index is 1.70. The summed E-state index contributed by atoms with van der Waals surface area (Å²) in [5, 5.41) is 4.11. The third-order valence-electron chi connectivity index (χ3n) is 5.72. The first-order valence-electron chi connectivity index (χ1n) is 11.3. The van der Waals surface area contributed by atoms with E-state index in [0.717, 1.165) is 17.5 Å². The van der Waals surface area contributed by atoms with E-state index in [9.17, 15) is 14.4 Å². The number of nitrogens with one attached hydrogen (secondary N) is 1. The van der Waals surface area contributed by atoms with Gasteiger partial charge in [-0.15, -0.1) is 0 Å². The normalized spacial score (nSPS) is 15.0. The number of nitrogens with zero attached hydrogens (tertiary/aromatic N) is 3. The molecule has 0 bridgehead atoms. The van der Waals surface area contributed by atoms with Gasteiger partial charge in [0.15, 0.2) is 5.69 Å². The van der Waals surface area contributed by atoms with Gasteiger partial charge in [0, 0.05) is 13.0 Å². The van der Waals surface area contributed by atoms with Crippen molar-refractivity contribution in [1.29, 1.82) is 0 Å². The van der Waals surface area contributed by atoms with Crippen LogP contribution >= 0.6 is 0 Å². The molecule has 1 amide bonds. The third kappa shape index (κ3) is 4.78. The molecular weight excluding hydrogens is 434 g/mol. The highest BCUT2D eigenvalue weighted by molar-refractivity contribution is 6.07. The maximum absolute atomic E-state index is 13.7. The molecule has 1 aliphatic rings. The van der Waals surface area contributed by atoms with Crippen LogP contribution < -0.4 is 21.9 Å². The summed E-state index contributed by atoms with van der Waals surface area (Å²) in [6, 6.07) is 18.7. The van der Waals surface area contributed by atoms with Crippen LogP contribution in [0.4, 0.5) is 11.5 Å². The van der Waals surface area contributed by atoms with E-state index in [0.29, 0.717) is 18.7 Å². The van der Waals surface area contributed by atoms with E-state index in [-0.39, 0.29) is 24.5 Å². The van der Waals surface area contributed by atoms with Gasteiger partial charge in [-0.1, -0.05) is 79.2 Å². The van der Waals surface area contributed by atoms with Crippen LogP contribution in [0.2, 0.25) is 0 Å². The molecule has 2 heterocycles. The molecule has 9 nitrogen and oxygen atoms in total. The lowest BCUT2D eigenvalue weighted by molar-refractivity contribution is -0.128. The topological polar surface area (TPSA) is 123 Å². The molecule has 34 heavy (non-hydrogen) atoms. The van der Waals surface area contributed by atoms with Crippen molar-refractivity contribution in [3.05, 3.63) is 92.6 Å². The molecule has 3 aromatic rings. The first-order valence-corrected chi connectivity index (χ1v) is 11.3. The van der Waals surface area contributed by atoms with Crippen molar-refractivity contribution in [3.8, 4) is 0 Å². The number of H-pyrrole nitrogens is 1. The van der Waals surface area contributed by atoms with E-state index in [2.05, 4.69) is 10.1 Å². The van der Waals surface area contributed by atoms with Gasteiger partial charge in [-0.2, -0.15) is 0 Å². The summed E-state index contributed by atoms with van der Waals surface area (Å²) >= 11 is 0. The Kier molecular flexibility index (Phi) is 6.91. The second-order valence-electron chi connectivity index (χ2n) is 8.11. The molecule has 0 saturated heterocycles. The molecule has 0 spiro atoms. The van der Waals surface area contributed by atoms with Crippen molar-refractivity contribution >= 4 is 23.1 Å². The summed E-state index contributed by atoms with van der Waals surface area (Å²) in [6.07, 6.45) is 0.861. The predicted octanol–water partition coefficient (Wildman–Crippen LogP) is 2.65. The van der Waals surface area contributed by atoms with E-state index >= 15 is 0 Å². The SMILES string of the molecule is CCCCn1c(N)c(N(Cc2ccccc2)C(=O)C2CC(c3ccccc3)=NO2)c(=O)[nH]c1=O. The number of rotatable bonds is 8. The lowest BCUT2D eigenvalue weighted by Crippen LogP contribution is -2.44. The molecule has 1 unspecified atom stereocenters. The molecule has 1 atom stereocenters. The van der Waals surface area contributed by atoms with E-state index in [1.807, 2.05) is 67.6 Å². The Morgan fingerprint density at radius 3 is 2.50 bits per heavy atom. The molecule has 3 N–H and O–H groups in total. The highest BCUT2D eigenvalue weighted by atomic mass is 16.6. The van der Waals surface area contributed by atoms with Crippen LogP contribution in [-0.2, 0) is 22.7 Å². The van der Waals surface area contributed by atoms with E-state index in [1.165, 1.54) is 9.47 Å². The summed E-state index contributed by atoms with van der Waals surface area (Å²) < 4.78 is 1.30. The Morgan fingerprint density at radius 2 is 1.82 bits per heavy atom. The minimum Gasteiger partial charge on any atom is -0.383 e. The van der Waals surface area contributed by atoms with Gasteiger partial charge in [0.1, 0.15) is 5.82 Å². The van der Waals surface area contributed by atoms with Crippen molar-refractivity contribution in [2.75, 3.05) is 10.6 Å². The van der Waals surface area contributed by atoms with Gasteiger partial charge >= 0.3 is 5.69 Å². The molecule has 0 radical (unpaired) electrons. The predicted molar refractivity (Wildman–Crippen MR) is 131 cm³/mol. The van der Waals surface area contributed by atoms with Crippen LogP contribution in [0.1, 0.15) is 37.3 Å². The number of nitrogens with two attached hydrogens (primary N) is 1. The summed E-state index contributed by atoms with van der Waals surface area (Å²) in [6.45, 7) is 2.40.